The SMILES string of the molecule is CN(C)C1CCN(C(=O)C(Cc2cc(C(F)(F)F)cc(C(F)(F)F)c2)OC(=O)N2CCC(N3CCc4ccccc4NC3=O)CC2)CC1. The lowest BCUT2D eigenvalue weighted by molar-refractivity contribution is -0.143. The summed E-state index contributed by atoms with van der Waals surface area (Å²) in [4.78, 5) is 46.6. The minimum atomic E-state index is -5.07. The van der Waals surface area contributed by atoms with Crippen molar-refractivity contribution in [2.45, 2.75) is 69.1 Å². The molecule has 2 aromatic rings. The van der Waals surface area contributed by atoms with E-state index in [-0.39, 0.29) is 37.3 Å². The smallest absolute Gasteiger partial charge is 0.416 e. The Bertz CT molecular complexity index is 1450. The number of hydrogen-bond acceptors (Lipinski definition) is 5. The predicted molar refractivity (Wildman–Crippen MR) is 164 cm³/mol. The maximum absolute atomic E-state index is 13.7. The zero-order chi connectivity index (χ0) is 34.8. The highest BCUT2D eigenvalue weighted by molar-refractivity contribution is 5.91. The molecule has 3 heterocycles. The van der Waals surface area contributed by atoms with Crippen molar-refractivity contribution in [3.8, 4) is 0 Å². The van der Waals surface area contributed by atoms with E-state index >= 15 is 0 Å². The first-order valence-electron chi connectivity index (χ1n) is 15.9. The number of fused-ring (bicyclic) bond motifs is 1. The van der Waals surface area contributed by atoms with Gasteiger partial charge in [-0.05, 0) is 81.6 Å². The molecule has 0 saturated carbocycles. The molecule has 1 atom stereocenters. The summed E-state index contributed by atoms with van der Waals surface area (Å²) in [5, 5.41) is 2.93. The first-order chi connectivity index (χ1) is 22.6. The number of amides is 4. The number of urea groups is 1. The third-order valence-electron chi connectivity index (χ3n) is 9.40. The lowest BCUT2D eigenvalue weighted by Gasteiger charge is -2.39. The molecule has 5 rings (SSSR count). The van der Waals surface area contributed by atoms with E-state index in [1.54, 1.807) is 4.90 Å². The number of nitrogens with zero attached hydrogens (tertiary/aromatic N) is 4. The maximum Gasteiger partial charge on any atom is 0.416 e. The van der Waals surface area contributed by atoms with Gasteiger partial charge >= 0.3 is 24.5 Å². The highest BCUT2D eigenvalue weighted by atomic mass is 19.4. The molecule has 0 aromatic heterocycles. The van der Waals surface area contributed by atoms with Gasteiger partial charge in [0.1, 0.15) is 0 Å². The Hall–Kier alpha value is -4.01. The standard InChI is InChI=1S/C33H39F6N5O4/c1-41(2)25-8-12-42(13-9-25)29(45)28(19-21-17-23(32(34,35)36)20-24(18-21)33(37,38)39)48-31(47)43-14-10-26(11-15-43)44-16-7-22-5-3-4-6-27(22)40-30(44)46/h3-6,17-18,20,25-26,28H,7-16,19H2,1-2H3,(H,40,46). The normalized spacial score (nSPS) is 19.1. The Morgan fingerprint density at radius 3 is 2.04 bits per heavy atom. The van der Waals surface area contributed by atoms with Crippen LogP contribution in [-0.2, 0) is 34.7 Å². The van der Waals surface area contributed by atoms with E-state index in [0.717, 1.165) is 11.3 Å². The number of halogens is 6. The molecule has 9 nitrogen and oxygen atoms in total. The van der Waals surface area contributed by atoms with Gasteiger partial charge in [0.15, 0.2) is 6.10 Å². The minimum absolute atomic E-state index is 0.0196. The summed E-state index contributed by atoms with van der Waals surface area (Å²) in [7, 11) is 3.81. The molecule has 0 bridgehead atoms. The van der Waals surface area contributed by atoms with Crippen molar-refractivity contribution in [3.63, 3.8) is 0 Å². The highest BCUT2D eigenvalue weighted by Crippen LogP contribution is 2.37. The number of carbonyl (C=O) groups excluding carboxylic acids is 3. The van der Waals surface area contributed by atoms with Gasteiger partial charge in [-0.2, -0.15) is 26.3 Å². The Kier molecular flexibility index (Phi) is 10.5. The Morgan fingerprint density at radius 1 is 0.875 bits per heavy atom. The largest absolute Gasteiger partial charge is 0.436 e. The molecule has 1 N–H and O–H groups in total. The molecule has 0 spiro atoms. The van der Waals surface area contributed by atoms with Crippen molar-refractivity contribution in [3.05, 3.63) is 64.7 Å². The number of alkyl halides is 6. The molecule has 4 amide bonds. The summed E-state index contributed by atoms with van der Waals surface area (Å²) in [6, 6.07) is 8.41. The third-order valence-corrected chi connectivity index (χ3v) is 9.40. The number of ether oxygens (including phenoxy) is 1. The summed E-state index contributed by atoms with van der Waals surface area (Å²) in [5.74, 6) is -0.679. The Balaban J connectivity index is 1.30. The molecule has 2 aromatic carbocycles. The number of carbonyl (C=O) groups is 3. The topological polar surface area (TPSA) is 85.4 Å². The van der Waals surface area contributed by atoms with Gasteiger partial charge in [-0.1, -0.05) is 18.2 Å². The van der Waals surface area contributed by atoms with Crippen LogP contribution in [0, 0.1) is 0 Å². The second-order valence-electron chi connectivity index (χ2n) is 12.8. The van der Waals surface area contributed by atoms with Gasteiger partial charge in [-0.3, -0.25) is 4.79 Å². The van der Waals surface area contributed by atoms with Crippen molar-refractivity contribution in [1.82, 2.24) is 19.6 Å². The van der Waals surface area contributed by atoms with E-state index in [1.807, 2.05) is 43.3 Å². The molecule has 3 aliphatic rings. The van der Waals surface area contributed by atoms with E-state index in [2.05, 4.69) is 5.32 Å². The fourth-order valence-electron chi connectivity index (χ4n) is 6.63. The van der Waals surface area contributed by atoms with Crippen LogP contribution in [0.15, 0.2) is 42.5 Å². The maximum atomic E-state index is 13.7. The number of para-hydroxylation sites is 1. The second kappa shape index (κ2) is 14.2. The molecule has 0 aliphatic carbocycles. The number of hydrogen-bond donors (Lipinski definition) is 1. The van der Waals surface area contributed by atoms with Gasteiger partial charge < -0.3 is 29.7 Å². The van der Waals surface area contributed by atoms with Crippen LogP contribution in [0.2, 0.25) is 0 Å². The minimum Gasteiger partial charge on any atom is -0.436 e. The zero-order valence-corrected chi connectivity index (χ0v) is 26.7. The molecule has 2 fully saturated rings. The van der Waals surface area contributed by atoms with E-state index < -0.39 is 53.6 Å². The molecule has 2 saturated heterocycles. The monoisotopic (exact) mass is 683 g/mol. The fraction of sp³-hybridized carbons (Fsp3) is 0.545. The first kappa shape index (κ1) is 35.3. The Labute approximate surface area is 274 Å². The van der Waals surface area contributed by atoms with Gasteiger partial charge in [0.05, 0.1) is 11.1 Å². The van der Waals surface area contributed by atoms with Crippen LogP contribution < -0.4 is 5.32 Å². The van der Waals surface area contributed by atoms with Crippen molar-refractivity contribution in [1.29, 1.82) is 0 Å². The molecule has 15 heteroatoms. The molecular weight excluding hydrogens is 644 g/mol. The van der Waals surface area contributed by atoms with Gasteiger partial charge in [0.2, 0.25) is 0 Å². The van der Waals surface area contributed by atoms with Crippen LogP contribution in [0.4, 0.5) is 41.6 Å². The molecule has 48 heavy (non-hydrogen) atoms. The average Bonchev–Trinajstić information content (AvgIpc) is 3.21. The number of likely N-dealkylation sites (tertiary alicyclic amines) is 2. The third kappa shape index (κ3) is 8.34. The summed E-state index contributed by atoms with van der Waals surface area (Å²) in [6.45, 7) is 1.42. The van der Waals surface area contributed by atoms with Gasteiger partial charge in [-0.15, -0.1) is 0 Å². The van der Waals surface area contributed by atoms with Crippen LogP contribution in [-0.4, -0.2) is 103 Å². The van der Waals surface area contributed by atoms with Crippen molar-refractivity contribution in [2.24, 2.45) is 0 Å². The summed E-state index contributed by atoms with van der Waals surface area (Å²) in [6.07, 6.45) is -10.7. The molecule has 3 aliphatic heterocycles. The predicted octanol–water partition coefficient (Wildman–Crippen LogP) is 5.88. The molecule has 0 radical (unpaired) electrons. The highest BCUT2D eigenvalue weighted by Gasteiger charge is 2.39. The van der Waals surface area contributed by atoms with Crippen molar-refractivity contribution >= 4 is 23.7 Å². The molecule has 262 valence electrons. The number of rotatable bonds is 6. The summed E-state index contributed by atoms with van der Waals surface area (Å²) < 4.78 is 87.2. The quantitative estimate of drug-likeness (QED) is 0.385. The summed E-state index contributed by atoms with van der Waals surface area (Å²) in [5.41, 5.74) is -1.70. The lowest BCUT2D eigenvalue weighted by atomic mass is 9.98. The number of benzene rings is 2. The van der Waals surface area contributed by atoms with E-state index in [4.69, 9.17) is 4.74 Å². The number of piperidine rings is 2. The van der Waals surface area contributed by atoms with Crippen LogP contribution >= 0.6 is 0 Å². The molecule has 1 unspecified atom stereocenters. The van der Waals surface area contributed by atoms with Gasteiger partial charge in [0, 0.05) is 56.9 Å². The fourth-order valence-corrected chi connectivity index (χ4v) is 6.63. The number of nitrogens with one attached hydrogen (secondary N) is 1. The van der Waals surface area contributed by atoms with Crippen LogP contribution in [0.3, 0.4) is 0 Å². The van der Waals surface area contributed by atoms with Crippen LogP contribution in [0.1, 0.15) is 47.9 Å². The van der Waals surface area contributed by atoms with E-state index in [9.17, 15) is 40.7 Å². The van der Waals surface area contributed by atoms with E-state index in [0.29, 0.717) is 63.9 Å². The zero-order valence-electron chi connectivity index (χ0n) is 26.7. The van der Waals surface area contributed by atoms with Crippen LogP contribution in [0.5, 0.6) is 0 Å². The lowest BCUT2D eigenvalue weighted by Crippen LogP contribution is -2.52. The van der Waals surface area contributed by atoms with Gasteiger partial charge in [0.25, 0.3) is 5.91 Å². The first-order valence-corrected chi connectivity index (χ1v) is 15.9. The summed E-state index contributed by atoms with van der Waals surface area (Å²) >= 11 is 0. The van der Waals surface area contributed by atoms with Gasteiger partial charge in [-0.25, -0.2) is 9.59 Å². The van der Waals surface area contributed by atoms with Crippen molar-refractivity contribution < 1.29 is 45.5 Å². The average molecular weight is 684 g/mol. The van der Waals surface area contributed by atoms with Crippen molar-refractivity contribution in [2.75, 3.05) is 52.1 Å². The van der Waals surface area contributed by atoms with E-state index in [1.165, 1.54) is 9.80 Å². The molecular formula is C33H39F6N5O4. The van der Waals surface area contributed by atoms with Crippen LogP contribution in [0.25, 0.3) is 0 Å². The Morgan fingerprint density at radius 2 is 1.46 bits per heavy atom. The second-order valence-corrected chi connectivity index (χ2v) is 12.8. The number of anilines is 1.